The summed E-state index contributed by atoms with van der Waals surface area (Å²) in [7, 11) is 0. The van der Waals surface area contributed by atoms with E-state index in [1.807, 2.05) is 18.7 Å². The molecule has 1 aromatic rings. The van der Waals surface area contributed by atoms with E-state index in [0.29, 0.717) is 31.8 Å². The van der Waals surface area contributed by atoms with E-state index in [0.717, 1.165) is 25.7 Å². The van der Waals surface area contributed by atoms with E-state index in [-0.39, 0.29) is 23.8 Å². The Balaban J connectivity index is 1.95. The number of hydrogen-bond acceptors (Lipinski definition) is 5. The minimum Gasteiger partial charge on any atom is -0.459 e. The number of amides is 2. The summed E-state index contributed by atoms with van der Waals surface area (Å²) in [5.41, 5.74) is 0. The lowest BCUT2D eigenvalue weighted by molar-refractivity contribution is -0.138. The lowest BCUT2D eigenvalue weighted by atomic mass is 9.96. The molecule has 2 N–H and O–H groups in total. The highest BCUT2D eigenvalue weighted by atomic mass is 16.3. The zero-order valence-electron chi connectivity index (χ0n) is 19.0. The van der Waals surface area contributed by atoms with Gasteiger partial charge in [-0.05, 0) is 37.8 Å². The second-order valence-corrected chi connectivity index (χ2v) is 8.50. The third-order valence-corrected chi connectivity index (χ3v) is 6.11. The van der Waals surface area contributed by atoms with Crippen LogP contribution in [0.3, 0.4) is 0 Å². The Labute approximate surface area is 180 Å². The smallest absolute Gasteiger partial charge is 0.289 e. The maximum atomic E-state index is 13.3. The molecule has 4 unspecified atom stereocenters. The van der Waals surface area contributed by atoms with E-state index >= 15 is 0 Å². The molecule has 0 aliphatic carbocycles. The van der Waals surface area contributed by atoms with Crippen LogP contribution < -0.4 is 5.32 Å². The number of nitrogens with one attached hydrogen (secondary N) is 1. The number of nitrogens with zero attached hydrogens (tertiary/aromatic N) is 2. The van der Waals surface area contributed by atoms with Crippen LogP contribution in [0.25, 0.3) is 0 Å². The lowest BCUT2D eigenvalue weighted by Gasteiger charge is -2.41. The molecule has 4 atom stereocenters. The van der Waals surface area contributed by atoms with Crippen LogP contribution in [-0.2, 0) is 4.79 Å². The van der Waals surface area contributed by atoms with Gasteiger partial charge >= 0.3 is 0 Å². The molecule has 0 bridgehead atoms. The molecule has 30 heavy (non-hydrogen) atoms. The quantitative estimate of drug-likeness (QED) is 0.423. The number of hydrogen-bond donors (Lipinski definition) is 2. The van der Waals surface area contributed by atoms with Crippen molar-refractivity contribution >= 4 is 11.8 Å². The van der Waals surface area contributed by atoms with Gasteiger partial charge in [0.15, 0.2) is 5.76 Å². The predicted octanol–water partition coefficient (Wildman–Crippen LogP) is 3.25. The molecule has 2 amide bonds. The molecule has 0 aromatic carbocycles. The van der Waals surface area contributed by atoms with Crippen LogP contribution in [0.5, 0.6) is 0 Å². The Bertz CT molecular complexity index is 649. The fraction of sp³-hybridized carbons (Fsp3) is 0.739. The summed E-state index contributed by atoms with van der Waals surface area (Å²) in [6.07, 6.45) is 6.69. The Morgan fingerprint density at radius 3 is 2.63 bits per heavy atom. The minimum atomic E-state index is -0.677. The number of rotatable bonds is 11. The van der Waals surface area contributed by atoms with Crippen molar-refractivity contribution in [3.63, 3.8) is 0 Å². The summed E-state index contributed by atoms with van der Waals surface area (Å²) in [6, 6.07) is 2.85. The zero-order valence-corrected chi connectivity index (χ0v) is 19.0. The van der Waals surface area contributed by atoms with Gasteiger partial charge in [-0.2, -0.15) is 0 Å². The van der Waals surface area contributed by atoms with Crippen LogP contribution in [0.2, 0.25) is 0 Å². The van der Waals surface area contributed by atoms with E-state index in [4.69, 9.17) is 4.42 Å². The number of unbranched alkanes of at least 4 members (excludes halogenated alkanes) is 3. The standard InChI is InChI=1S/C23H39N3O4/c1-5-7-8-9-12-20(27)24-21(17(3)6-2)23(29)25-13-14-26(18(4)16-25)22(28)19-11-10-15-30-19/h10-11,15,17-18,20-21,24,27H,5-9,12-14,16H2,1-4H3. The summed E-state index contributed by atoms with van der Waals surface area (Å²) >= 11 is 0. The SMILES string of the molecule is CCCCCCC(O)NC(C(=O)N1CCN(C(=O)c2ccco2)C(C)C1)C(C)CC. The Hall–Kier alpha value is -1.86. The molecule has 1 fully saturated rings. The van der Waals surface area contributed by atoms with Crippen LogP contribution in [0, 0.1) is 5.92 Å². The van der Waals surface area contributed by atoms with Gasteiger partial charge < -0.3 is 19.3 Å². The molecule has 1 saturated heterocycles. The van der Waals surface area contributed by atoms with Crippen molar-refractivity contribution in [1.82, 2.24) is 15.1 Å². The minimum absolute atomic E-state index is 0.00825. The molecular weight excluding hydrogens is 382 g/mol. The van der Waals surface area contributed by atoms with Crippen LogP contribution in [0.1, 0.15) is 76.8 Å². The van der Waals surface area contributed by atoms with E-state index in [2.05, 4.69) is 19.2 Å². The van der Waals surface area contributed by atoms with Crippen molar-refractivity contribution in [2.24, 2.45) is 5.92 Å². The average molecular weight is 422 g/mol. The molecule has 0 radical (unpaired) electrons. The highest BCUT2D eigenvalue weighted by Crippen LogP contribution is 2.18. The number of carbonyl (C=O) groups is 2. The molecule has 1 aromatic heterocycles. The molecule has 1 aliphatic heterocycles. The number of piperazine rings is 1. The van der Waals surface area contributed by atoms with Gasteiger partial charge in [-0.25, -0.2) is 0 Å². The molecular formula is C23H39N3O4. The van der Waals surface area contributed by atoms with E-state index < -0.39 is 12.3 Å². The Kier molecular flexibility index (Phi) is 9.85. The largest absolute Gasteiger partial charge is 0.459 e. The fourth-order valence-electron chi connectivity index (χ4n) is 3.97. The summed E-state index contributed by atoms with van der Waals surface area (Å²) in [5.74, 6) is 0.306. The first-order valence-corrected chi connectivity index (χ1v) is 11.5. The molecule has 0 saturated carbocycles. The van der Waals surface area contributed by atoms with Gasteiger partial charge in [0, 0.05) is 25.7 Å². The lowest BCUT2D eigenvalue weighted by Crippen LogP contribution is -2.60. The van der Waals surface area contributed by atoms with Gasteiger partial charge in [0.2, 0.25) is 5.91 Å². The Morgan fingerprint density at radius 2 is 2.03 bits per heavy atom. The van der Waals surface area contributed by atoms with Gasteiger partial charge in [0.05, 0.1) is 12.3 Å². The Morgan fingerprint density at radius 1 is 1.27 bits per heavy atom. The first kappa shape index (κ1) is 24.4. The molecule has 170 valence electrons. The highest BCUT2D eigenvalue weighted by molar-refractivity contribution is 5.92. The second-order valence-electron chi connectivity index (χ2n) is 8.50. The molecule has 2 heterocycles. The van der Waals surface area contributed by atoms with Crippen LogP contribution in [0.15, 0.2) is 22.8 Å². The normalized spacial score (nSPS) is 20.1. The monoisotopic (exact) mass is 421 g/mol. The van der Waals surface area contributed by atoms with Gasteiger partial charge in [-0.1, -0.05) is 46.5 Å². The van der Waals surface area contributed by atoms with Crippen LogP contribution >= 0.6 is 0 Å². The van der Waals surface area contributed by atoms with Crippen molar-refractivity contribution in [3.05, 3.63) is 24.2 Å². The number of carbonyl (C=O) groups excluding carboxylic acids is 2. The number of aliphatic hydroxyl groups is 1. The molecule has 1 aliphatic rings. The van der Waals surface area contributed by atoms with Crippen LogP contribution in [-0.4, -0.2) is 64.7 Å². The summed E-state index contributed by atoms with van der Waals surface area (Å²) in [6.45, 7) is 9.65. The molecule has 2 rings (SSSR count). The molecule has 7 nitrogen and oxygen atoms in total. The maximum Gasteiger partial charge on any atom is 0.289 e. The van der Waals surface area contributed by atoms with Gasteiger partial charge in [0.25, 0.3) is 5.91 Å². The van der Waals surface area contributed by atoms with E-state index in [9.17, 15) is 14.7 Å². The third-order valence-electron chi connectivity index (χ3n) is 6.11. The van der Waals surface area contributed by atoms with E-state index in [1.54, 1.807) is 17.0 Å². The maximum absolute atomic E-state index is 13.3. The van der Waals surface area contributed by atoms with Gasteiger partial charge in [-0.15, -0.1) is 0 Å². The zero-order chi connectivity index (χ0) is 22.1. The van der Waals surface area contributed by atoms with Crippen molar-refractivity contribution in [1.29, 1.82) is 0 Å². The molecule has 0 spiro atoms. The topological polar surface area (TPSA) is 86.0 Å². The first-order chi connectivity index (χ1) is 14.4. The van der Waals surface area contributed by atoms with Crippen molar-refractivity contribution in [2.45, 2.75) is 84.5 Å². The predicted molar refractivity (Wildman–Crippen MR) is 117 cm³/mol. The molecule has 7 heteroatoms. The van der Waals surface area contributed by atoms with Crippen molar-refractivity contribution in [2.75, 3.05) is 19.6 Å². The number of aliphatic hydroxyl groups excluding tert-OH is 1. The first-order valence-electron chi connectivity index (χ1n) is 11.5. The van der Waals surface area contributed by atoms with Crippen molar-refractivity contribution in [3.8, 4) is 0 Å². The van der Waals surface area contributed by atoms with E-state index in [1.165, 1.54) is 12.7 Å². The van der Waals surface area contributed by atoms with Crippen molar-refractivity contribution < 1.29 is 19.1 Å². The summed E-state index contributed by atoms with van der Waals surface area (Å²) in [4.78, 5) is 29.5. The van der Waals surface area contributed by atoms with Gasteiger partial charge in [-0.3, -0.25) is 14.9 Å². The fourth-order valence-corrected chi connectivity index (χ4v) is 3.97. The van der Waals surface area contributed by atoms with Gasteiger partial charge in [0.1, 0.15) is 6.23 Å². The summed E-state index contributed by atoms with van der Waals surface area (Å²) < 4.78 is 5.24. The average Bonchev–Trinajstić information content (AvgIpc) is 3.28. The number of furan rings is 1. The summed E-state index contributed by atoms with van der Waals surface area (Å²) in [5, 5.41) is 13.6. The second kappa shape index (κ2) is 12.1. The highest BCUT2D eigenvalue weighted by Gasteiger charge is 2.35. The third kappa shape index (κ3) is 6.57. The van der Waals surface area contributed by atoms with Crippen LogP contribution in [0.4, 0.5) is 0 Å².